The summed E-state index contributed by atoms with van der Waals surface area (Å²) < 4.78 is 10.4. The Balaban J connectivity index is 0.000000461. The van der Waals surface area contributed by atoms with Crippen LogP contribution in [0.5, 0.6) is 0 Å². The van der Waals surface area contributed by atoms with Crippen molar-refractivity contribution in [3.8, 4) is 0 Å². The van der Waals surface area contributed by atoms with Gasteiger partial charge in [-0.25, -0.2) is 0 Å². The Hall–Kier alpha value is -0.0800. The average Bonchev–Trinajstić information content (AvgIpc) is 2.59. The highest BCUT2D eigenvalue weighted by Crippen LogP contribution is 2.17. The van der Waals surface area contributed by atoms with E-state index in [0.717, 1.165) is 19.6 Å². The van der Waals surface area contributed by atoms with Crippen LogP contribution >= 0.6 is 0 Å². The first-order chi connectivity index (χ1) is 5.34. The third-order valence-corrected chi connectivity index (χ3v) is 2.00. The molecule has 0 aromatic heterocycles. The first kappa shape index (κ1) is 10.9. The van der Waals surface area contributed by atoms with Crippen molar-refractivity contribution >= 4 is 0 Å². The molecule has 1 saturated heterocycles. The molecule has 0 bridgehead atoms. The Morgan fingerprint density at radius 1 is 1.45 bits per heavy atom. The van der Waals surface area contributed by atoms with Crippen molar-refractivity contribution in [2.24, 2.45) is 5.92 Å². The van der Waals surface area contributed by atoms with Crippen LogP contribution in [0.15, 0.2) is 0 Å². The van der Waals surface area contributed by atoms with Crippen molar-refractivity contribution in [3.05, 3.63) is 0 Å². The van der Waals surface area contributed by atoms with E-state index in [-0.39, 0.29) is 0 Å². The molecule has 2 unspecified atom stereocenters. The normalized spacial score (nSPS) is 25.6. The topological polar surface area (TPSA) is 18.5 Å². The van der Waals surface area contributed by atoms with Gasteiger partial charge < -0.3 is 9.47 Å². The number of ether oxygens (including phenoxy) is 2. The van der Waals surface area contributed by atoms with E-state index in [9.17, 15) is 0 Å². The van der Waals surface area contributed by atoms with Crippen molar-refractivity contribution in [1.29, 1.82) is 0 Å². The van der Waals surface area contributed by atoms with Gasteiger partial charge in [0.1, 0.15) is 0 Å². The van der Waals surface area contributed by atoms with Gasteiger partial charge in [-0.05, 0) is 13.3 Å². The molecule has 1 rings (SSSR count). The van der Waals surface area contributed by atoms with Crippen molar-refractivity contribution < 1.29 is 9.47 Å². The van der Waals surface area contributed by atoms with Gasteiger partial charge in [0, 0.05) is 19.6 Å². The summed E-state index contributed by atoms with van der Waals surface area (Å²) in [5.74, 6) is 0.634. The molecule has 0 aliphatic carbocycles. The Morgan fingerprint density at radius 2 is 2.09 bits per heavy atom. The van der Waals surface area contributed by atoms with E-state index in [4.69, 9.17) is 9.47 Å². The molecule has 0 aromatic carbocycles. The molecule has 0 amide bonds. The molecule has 0 radical (unpaired) electrons. The first-order valence-electron chi connectivity index (χ1n) is 4.45. The summed E-state index contributed by atoms with van der Waals surface area (Å²) in [6, 6.07) is 0. The Labute approximate surface area is 69.9 Å². The zero-order chi connectivity index (χ0) is 8.69. The average molecular weight is 160 g/mol. The summed E-state index contributed by atoms with van der Waals surface area (Å²) >= 11 is 0. The number of hydrogen-bond acceptors (Lipinski definition) is 2. The van der Waals surface area contributed by atoms with Crippen LogP contribution in [0.3, 0.4) is 0 Å². The molecule has 0 N–H and O–H groups in total. The maximum atomic E-state index is 5.20. The van der Waals surface area contributed by atoms with Gasteiger partial charge in [-0.2, -0.15) is 0 Å². The highest BCUT2D eigenvalue weighted by molar-refractivity contribution is 4.69. The molecule has 1 fully saturated rings. The monoisotopic (exact) mass is 160 g/mol. The molecule has 0 saturated carbocycles. The van der Waals surface area contributed by atoms with Crippen LogP contribution in [0.2, 0.25) is 0 Å². The van der Waals surface area contributed by atoms with Crippen LogP contribution in [0.4, 0.5) is 0 Å². The van der Waals surface area contributed by atoms with Crippen LogP contribution in [-0.4, -0.2) is 26.4 Å². The highest BCUT2D eigenvalue weighted by atomic mass is 16.5. The summed E-state index contributed by atoms with van der Waals surface area (Å²) in [6.07, 6.45) is 1.53. The summed E-state index contributed by atoms with van der Waals surface area (Å²) in [4.78, 5) is 0. The lowest BCUT2D eigenvalue weighted by Gasteiger charge is -2.14. The SMILES string of the molecule is CC.COC(C)C1CCOC1. The molecule has 68 valence electrons. The smallest absolute Gasteiger partial charge is 0.0594 e. The fraction of sp³-hybridized carbons (Fsp3) is 1.00. The second-order valence-corrected chi connectivity index (χ2v) is 2.56. The summed E-state index contributed by atoms with van der Waals surface area (Å²) in [6.45, 7) is 7.90. The highest BCUT2D eigenvalue weighted by Gasteiger charge is 2.21. The van der Waals surface area contributed by atoms with Crippen molar-refractivity contribution in [2.75, 3.05) is 20.3 Å². The van der Waals surface area contributed by atoms with Crippen LogP contribution < -0.4 is 0 Å². The number of hydrogen-bond donors (Lipinski definition) is 0. The summed E-state index contributed by atoms with van der Waals surface area (Å²) in [5.41, 5.74) is 0. The van der Waals surface area contributed by atoms with Gasteiger partial charge in [0.25, 0.3) is 0 Å². The lowest BCUT2D eigenvalue weighted by atomic mass is 10.0. The Kier molecular flexibility index (Phi) is 6.57. The lowest BCUT2D eigenvalue weighted by Crippen LogP contribution is -2.18. The van der Waals surface area contributed by atoms with E-state index in [1.807, 2.05) is 13.8 Å². The predicted octanol–water partition coefficient (Wildman–Crippen LogP) is 2.08. The Bertz CT molecular complexity index is 77.6. The molecule has 1 aliphatic heterocycles. The minimum absolute atomic E-state index is 0.368. The minimum atomic E-state index is 0.368. The van der Waals surface area contributed by atoms with Gasteiger partial charge in [-0.15, -0.1) is 0 Å². The molecular formula is C9H20O2. The quantitative estimate of drug-likeness (QED) is 0.615. The van der Waals surface area contributed by atoms with E-state index in [2.05, 4.69) is 6.92 Å². The molecule has 2 atom stereocenters. The number of rotatable bonds is 2. The fourth-order valence-electron chi connectivity index (χ4n) is 1.12. The standard InChI is InChI=1S/C7H14O2.C2H6/c1-6(8-2)7-3-4-9-5-7;1-2/h6-7H,3-5H2,1-2H3;1-2H3. The molecule has 2 nitrogen and oxygen atoms in total. The van der Waals surface area contributed by atoms with E-state index >= 15 is 0 Å². The third kappa shape index (κ3) is 3.73. The van der Waals surface area contributed by atoms with Gasteiger partial charge in [0.2, 0.25) is 0 Å². The molecular weight excluding hydrogens is 140 g/mol. The van der Waals surface area contributed by atoms with Crippen LogP contribution in [-0.2, 0) is 9.47 Å². The van der Waals surface area contributed by atoms with Crippen molar-refractivity contribution in [2.45, 2.75) is 33.3 Å². The summed E-state index contributed by atoms with van der Waals surface area (Å²) in [5, 5.41) is 0. The largest absolute Gasteiger partial charge is 0.381 e. The molecule has 0 spiro atoms. The predicted molar refractivity (Wildman–Crippen MR) is 46.7 cm³/mol. The van der Waals surface area contributed by atoms with Gasteiger partial charge in [0.05, 0.1) is 12.7 Å². The van der Waals surface area contributed by atoms with E-state index in [1.54, 1.807) is 7.11 Å². The number of methoxy groups -OCH3 is 1. The molecule has 1 aliphatic rings. The van der Waals surface area contributed by atoms with Crippen LogP contribution in [0.1, 0.15) is 27.2 Å². The molecule has 2 heteroatoms. The van der Waals surface area contributed by atoms with E-state index in [0.29, 0.717) is 12.0 Å². The zero-order valence-corrected chi connectivity index (χ0v) is 8.09. The van der Waals surface area contributed by atoms with E-state index in [1.165, 1.54) is 0 Å². The zero-order valence-electron chi connectivity index (χ0n) is 8.09. The minimum Gasteiger partial charge on any atom is -0.381 e. The fourth-order valence-corrected chi connectivity index (χ4v) is 1.12. The Morgan fingerprint density at radius 3 is 2.45 bits per heavy atom. The van der Waals surface area contributed by atoms with Gasteiger partial charge in [-0.3, -0.25) is 0 Å². The molecule has 11 heavy (non-hydrogen) atoms. The maximum absolute atomic E-state index is 5.20. The van der Waals surface area contributed by atoms with E-state index < -0.39 is 0 Å². The van der Waals surface area contributed by atoms with Gasteiger partial charge >= 0.3 is 0 Å². The van der Waals surface area contributed by atoms with Crippen molar-refractivity contribution in [1.82, 2.24) is 0 Å². The first-order valence-corrected chi connectivity index (χ1v) is 4.45. The van der Waals surface area contributed by atoms with Gasteiger partial charge in [-0.1, -0.05) is 13.8 Å². The van der Waals surface area contributed by atoms with Crippen LogP contribution in [0.25, 0.3) is 0 Å². The van der Waals surface area contributed by atoms with Crippen molar-refractivity contribution in [3.63, 3.8) is 0 Å². The third-order valence-electron chi connectivity index (χ3n) is 2.00. The maximum Gasteiger partial charge on any atom is 0.0594 e. The van der Waals surface area contributed by atoms with Crippen LogP contribution in [0, 0.1) is 5.92 Å². The lowest BCUT2D eigenvalue weighted by molar-refractivity contribution is 0.0589. The second-order valence-electron chi connectivity index (χ2n) is 2.56. The molecule has 1 heterocycles. The molecule has 0 aromatic rings. The van der Waals surface area contributed by atoms with Gasteiger partial charge in [0.15, 0.2) is 0 Å². The summed E-state index contributed by atoms with van der Waals surface area (Å²) in [7, 11) is 1.75. The second kappa shape index (κ2) is 6.62.